The van der Waals surface area contributed by atoms with E-state index in [9.17, 15) is 0 Å². The topological polar surface area (TPSA) is 58.3 Å². The van der Waals surface area contributed by atoms with Gasteiger partial charge in [0.05, 0.1) is 8.96 Å². The van der Waals surface area contributed by atoms with Gasteiger partial charge in [0.1, 0.15) is 0 Å². The SMILES string of the molecule is C#C.C=C(C)CC.C=[C-]CCCN.CCCCC1CCC2(C)C(=CCC3C2CCC2(C)C(CCCCC(C)C)CCC32)C1.OPNC1CCCCC1.[Ce]. The Morgan fingerprint density at radius 3 is 2.21 bits per heavy atom. The van der Waals surface area contributed by atoms with E-state index < -0.39 is 0 Å². The third kappa shape index (κ3) is 18.3. The first-order valence-electron chi connectivity index (χ1n) is 22.0. The van der Waals surface area contributed by atoms with Crippen molar-refractivity contribution in [3.05, 3.63) is 36.5 Å². The predicted molar refractivity (Wildman–Crippen MR) is 234 cm³/mol. The van der Waals surface area contributed by atoms with Crippen molar-refractivity contribution in [1.29, 1.82) is 0 Å². The summed E-state index contributed by atoms with van der Waals surface area (Å²) in [5.41, 5.74) is 9.53. The van der Waals surface area contributed by atoms with Crippen LogP contribution in [0.15, 0.2) is 30.4 Å². The molecule has 53 heavy (non-hydrogen) atoms. The largest absolute Gasteiger partial charge is 0.504 e. The second-order valence-corrected chi connectivity index (χ2v) is 18.6. The maximum Gasteiger partial charge on any atom is 0.0827 e. The number of hydrogen-bond donors (Lipinski definition) is 3. The fraction of sp³-hybridized carbons (Fsp3) is 0.833. The molecule has 8 atom stereocenters. The summed E-state index contributed by atoms with van der Waals surface area (Å²) in [6, 6.07) is 0.613. The van der Waals surface area contributed by atoms with Crippen LogP contribution in [-0.2, 0) is 0 Å². The molecule has 0 bridgehead atoms. The summed E-state index contributed by atoms with van der Waals surface area (Å²) in [6.07, 6.45) is 45.4. The number of nitrogens with two attached hydrogens (primary N) is 1. The monoisotopic (exact) mass is 880 g/mol. The van der Waals surface area contributed by atoms with Gasteiger partial charge in [0.2, 0.25) is 0 Å². The molecule has 0 amide bonds. The average molecular weight is 880 g/mol. The maximum absolute atomic E-state index is 8.54. The first-order chi connectivity index (χ1) is 25.0. The van der Waals surface area contributed by atoms with Gasteiger partial charge >= 0.3 is 0 Å². The van der Waals surface area contributed by atoms with Gasteiger partial charge in [-0.25, -0.2) is 0 Å². The molecule has 3 nitrogen and oxygen atoms in total. The van der Waals surface area contributed by atoms with E-state index in [1.54, 1.807) is 12.8 Å². The molecular formula is C48H88CeN2OP-. The van der Waals surface area contributed by atoms with Gasteiger partial charge in [-0.3, -0.25) is 11.7 Å². The van der Waals surface area contributed by atoms with Crippen LogP contribution in [0.5, 0.6) is 0 Å². The van der Waals surface area contributed by atoms with Gasteiger partial charge in [-0.2, -0.15) is 6.42 Å². The zero-order valence-corrected chi connectivity index (χ0v) is 40.3. The van der Waals surface area contributed by atoms with Crippen LogP contribution in [0.2, 0.25) is 0 Å². The third-order valence-electron chi connectivity index (χ3n) is 14.0. The smallest absolute Gasteiger partial charge is 0.0827 e. The molecule has 0 saturated heterocycles. The minimum Gasteiger partial charge on any atom is -0.504 e. The van der Waals surface area contributed by atoms with Crippen LogP contribution in [0.4, 0.5) is 0 Å². The summed E-state index contributed by atoms with van der Waals surface area (Å²) in [6.45, 7) is 24.5. The van der Waals surface area contributed by atoms with E-state index in [0.717, 1.165) is 61.3 Å². The number of nitrogens with one attached hydrogen (secondary N) is 1. The summed E-state index contributed by atoms with van der Waals surface area (Å²) >= 11 is 0. The van der Waals surface area contributed by atoms with E-state index in [4.69, 9.17) is 10.6 Å². The van der Waals surface area contributed by atoms with Crippen LogP contribution in [0.1, 0.15) is 196 Å². The van der Waals surface area contributed by atoms with Crippen LogP contribution < -0.4 is 10.8 Å². The van der Waals surface area contributed by atoms with E-state index in [-0.39, 0.29) is 50.7 Å². The van der Waals surface area contributed by atoms with Gasteiger partial charge in [0, 0.05) is 47.8 Å². The molecule has 4 N–H and O–H groups in total. The quantitative estimate of drug-likeness (QED) is 0.0536. The van der Waals surface area contributed by atoms with E-state index in [2.05, 4.69) is 84.8 Å². The number of terminal acetylenes is 1. The Bertz CT molecular complexity index is 1000. The Morgan fingerprint density at radius 1 is 0.981 bits per heavy atom. The van der Waals surface area contributed by atoms with Crippen molar-refractivity contribution in [3.8, 4) is 12.8 Å². The molecule has 5 rings (SSSR count). The molecule has 0 radical (unpaired) electrons. The van der Waals surface area contributed by atoms with Crippen LogP contribution in [0.3, 0.4) is 0 Å². The maximum atomic E-state index is 8.54. The Morgan fingerprint density at radius 2 is 1.66 bits per heavy atom. The van der Waals surface area contributed by atoms with Crippen molar-refractivity contribution in [2.45, 2.75) is 202 Å². The number of unbranched alkanes of at least 4 members (excludes halogenated alkanes) is 3. The predicted octanol–water partition coefficient (Wildman–Crippen LogP) is 13.9. The van der Waals surface area contributed by atoms with E-state index >= 15 is 0 Å². The molecular weight excluding hydrogens is 792 g/mol. The van der Waals surface area contributed by atoms with Gasteiger partial charge in [-0.1, -0.05) is 123 Å². The van der Waals surface area contributed by atoms with Crippen molar-refractivity contribution in [2.75, 3.05) is 6.54 Å². The molecule has 306 valence electrons. The van der Waals surface area contributed by atoms with Crippen molar-refractivity contribution >= 4 is 8.96 Å². The van der Waals surface area contributed by atoms with E-state index in [0.29, 0.717) is 16.9 Å². The van der Waals surface area contributed by atoms with Crippen molar-refractivity contribution in [1.82, 2.24) is 5.09 Å². The molecule has 5 heteroatoms. The summed E-state index contributed by atoms with van der Waals surface area (Å²) in [4.78, 5) is 8.54. The van der Waals surface area contributed by atoms with Gasteiger partial charge in [-0.15, -0.1) is 19.4 Å². The number of hydrogen-bond acceptors (Lipinski definition) is 3. The van der Waals surface area contributed by atoms with Crippen LogP contribution in [0.25, 0.3) is 0 Å². The van der Waals surface area contributed by atoms with Gasteiger partial charge in [0.15, 0.2) is 0 Å². The standard InChI is InChI=1S/C30H52.C6H14NOP.C5H10N.C5H10.C2H2.Ce/c1-6-7-11-23-17-19-30(5)25(21-23)13-15-26-27-16-14-24(12-9-8-10-22(2)3)29(27,4)20-18-28(26)30;8-9-7-6-4-2-1-3-5-6;1-2-3-4-5-6;1-4-5(2)3;1-2;/h13,22-24,26-28H,6-12,14-21H2,1-5H3;6-9H,1-5H2;1,3-6H2;2,4H2,1,3H3;1-2H;/q;;-1;;;. The summed E-state index contributed by atoms with van der Waals surface area (Å²) in [5.74, 6) is 5.94. The molecule has 4 saturated carbocycles. The zero-order chi connectivity index (χ0) is 39.0. The Balaban J connectivity index is 0.000000961. The Labute approximate surface area is 367 Å². The van der Waals surface area contributed by atoms with Crippen molar-refractivity contribution in [3.63, 3.8) is 0 Å². The zero-order valence-electron chi connectivity index (χ0n) is 36.2. The average Bonchev–Trinajstić information content (AvgIpc) is 3.49. The minimum absolute atomic E-state index is 0. The Hall–Kier alpha value is 0.467. The summed E-state index contributed by atoms with van der Waals surface area (Å²) in [5, 5.41) is 3.07. The van der Waals surface area contributed by atoms with Crippen LogP contribution in [0, 0.1) is 107 Å². The number of fused-ring (bicyclic) bond motifs is 5. The van der Waals surface area contributed by atoms with Gasteiger partial charge < -0.3 is 16.7 Å². The molecule has 0 aromatic rings. The molecule has 0 aromatic heterocycles. The molecule has 0 aliphatic heterocycles. The third-order valence-corrected chi connectivity index (χ3v) is 14.5. The summed E-state index contributed by atoms with van der Waals surface area (Å²) < 4.78 is 0. The minimum atomic E-state index is -0.0614. The van der Waals surface area contributed by atoms with Gasteiger partial charge in [-0.05, 0) is 137 Å². The van der Waals surface area contributed by atoms with Crippen molar-refractivity contribution < 1.29 is 46.6 Å². The van der Waals surface area contributed by atoms with E-state index in [1.165, 1.54) is 121 Å². The molecule has 0 aromatic carbocycles. The molecule has 5 aliphatic rings. The molecule has 8 unspecified atom stereocenters. The first-order valence-corrected chi connectivity index (χ1v) is 23.0. The fourth-order valence-electron chi connectivity index (χ4n) is 10.6. The van der Waals surface area contributed by atoms with Crippen LogP contribution >= 0.6 is 8.96 Å². The summed E-state index contributed by atoms with van der Waals surface area (Å²) in [7, 11) is -0.0614. The second kappa shape index (κ2) is 30.5. The molecule has 4 fully saturated rings. The Kier molecular flexibility index (Phi) is 30.8. The van der Waals surface area contributed by atoms with E-state index in [1.807, 2.05) is 12.5 Å². The first kappa shape index (κ1) is 53.5. The molecule has 0 spiro atoms. The van der Waals surface area contributed by atoms with Gasteiger partial charge in [0.25, 0.3) is 0 Å². The second-order valence-electron chi connectivity index (χ2n) is 18.1. The van der Waals surface area contributed by atoms with Crippen molar-refractivity contribution in [2.24, 2.45) is 52.1 Å². The van der Waals surface area contributed by atoms with Crippen LogP contribution in [-0.4, -0.2) is 17.5 Å². The normalized spacial score (nSPS) is 30.1. The molecule has 5 aliphatic carbocycles. The number of allylic oxidation sites excluding steroid dienone is 4. The number of rotatable bonds is 14. The fourth-order valence-corrected chi connectivity index (χ4v) is 11.0. The molecule has 0 heterocycles.